The van der Waals surface area contributed by atoms with Gasteiger partial charge >= 0.3 is 175 Å². The molecule has 0 aromatic carbocycles. The fraction of sp³-hybridized carbons (Fsp3) is 0.688. The number of amides is 1. The number of nitrogens with zero attached hydrogens (tertiary/aromatic N) is 1. The van der Waals surface area contributed by atoms with E-state index in [0.29, 0.717) is 21.5 Å². The molecule has 1 fully saturated rings. The molecule has 0 aromatic heterocycles. The number of nitrogens with two attached hydrogens (primary N) is 1. The van der Waals surface area contributed by atoms with E-state index in [1.54, 1.807) is 32.5 Å². The third kappa shape index (κ3) is 4.79. The van der Waals surface area contributed by atoms with Crippen LogP contribution in [0.3, 0.4) is 0 Å². The van der Waals surface area contributed by atoms with Crippen molar-refractivity contribution < 1.29 is 19.1 Å². The van der Waals surface area contributed by atoms with Crippen LogP contribution in [0.4, 0.5) is 0 Å². The Morgan fingerprint density at radius 1 is 1.52 bits per heavy atom. The van der Waals surface area contributed by atoms with Crippen molar-refractivity contribution in [3.8, 4) is 0 Å². The normalized spacial score (nSPS) is 25.7. The molecule has 1 saturated heterocycles. The molecule has 0 unspecified atom stereocenters. The van der Waals surface area contributed by atoms with Crippen molar-refractivity contribution in [1.29, 1.82) is 0 Å². The molecule has 0 spiro atoms. The number of β-lactam (4-membered cyclic amide) rings is 1. The summed E-state index contributed by atoms with van der Waals surface area (Å²) in [5.41, 5.74) is 4.94. The van der Waals surface area contributed by atoms with Gasteiger partial charge in [-0.15, -0.1) is 0 Å². The number of thiocarbonyl (C=S) groups is 1. The second kappa shape index (κ2) is 8.55. The van der Waals surface area contributed by atoms with Gasteiger partial charge in [-0.2, -0.15) is 0 Å². The molecule has 0 aliphatic carbocycles. The number of rotatable bonds is 6. The molecular formula is C16H28N3O4PS3. The summed E-state index contributed by atoms with van der Waals surface area (Å²) in [6.07, 6.45) is 0. The fourth-order valence-electron chi connectivity index (χ4n) is 2.98. The van der Waals surface area contributed by atoms with Gasteiger partial charge in [-0.25, -0.2) is 0 Å². The van der Waals surface area contributed by atoms with Crippen LogP contribution in [0.1, 0.15) is 20.8 Å². The fourth-order valence-corrected chi connectivity index (χ4v) is 6.67. The number of hydrogen-bond acceptors (Lipinski definition) is 8. The van der Waals surface area contributed by atoms with Gasteiger partial charge in [-0.05, 0) is 0 Å². The third-order valence-electron chi connectivity index (χ3n) is 3.92. The summed E-state index contributed by atoms with van der Waals surface area (Å²) in [4.78, 5) is 27.5. The summed E-state index contributed by atoms with van der Waals surface area (Å²) in [5.74, 6) is 0.249. The molecule has 0 aromatic rings. The number of fused-ring (bicyclic) bond motifs is 1. The molecule has 2 aliphatic heterocycles. The van der Waals surface area contributed by atoms with Crippen LogP contribution in [0.2, 0.25) is 0 Å². The van der Waals surface area contributed by atoms with Crippen molar-refractivity contribution in [2.75, 3.05) is 31.9 Å². The zero-order valence-electron chi connectivity index (χ0n) is 16.5. The first kappa shape index (κ1) is 22.9. The van der Waals surface area contributed by atoms with Crippen LogP contribution in [0.25, 0.3) is 0 Å². The summed E-state index contributed by atoms with van der Waals surface area (Å²) in [6.45, 7) is 9.56. The average Bonchev–Trinajstić information content (AvgIpc) is 2.54. The van der Waals surface area contributed by atoms with Crippen molar-refractivity contribution in [3.63, 3.8) is 0 Å². The van der Waals surface area contributed by atoms with Gasteiger partial charge in [0, 0.05) is 0 Å². The number of ether oxygens (including phenoxy) is 2. The van der Waals surface area contributed by atoms with Crippen molar-refractivity contribution in [3.05, 3.63) is 11.3 Å². The molecule has 27 heavy (non-hydrogen) atoms. The minimum absolute atomic E-state index is 0.262. The Balaban J connectivity index is 2.40. The molecule has 3 N–H and O–H groups in total. The summed E-state index contributed by atoms with van der Waals surface area (Å²) in [5, 5.41) is 3.03. The van der Waals surface area contributed by atoms with Gasteiger partial charge in [0.05, 0.1) is 0 Å². The average molecular weight is 454 g/mol. The van der Waals surface area contributed by atoms with Crippen LogP contribution in [0, 0.1) is 0 Å². The van der Waals surface area contributed by atoms with E-state index in [2.05, 4.69) is 18.4 Å². The van der Waals surface area contributed by atoms with Crippen molar-refractivity contribution in [2.45, 2.75) is 37.5 Å². The van der Waals surface area contributed by atoms with E-state index in [1.807, 2.05) is 0 Å². The van der Waals surface area contributed by atoms with Crippen molar-refractivity contribution >= 4 is 60.0 Å². The summed E-state index contributed by atoms with van der Waals surface area (Å²) in [6, 6.07) is 0. The molecule has 2 heterocycles. The van der Waals surface area contributed by atoms with Crippen LogP contribution < -0.4 is 10.8 Å². The van der Waals surface area contributed by atoms with Gasteiger partial charge in [0.15, 0.2) is 0 Å². The van der Waals surface area contributed by atoms with Crippen LogP contribution in [0.15, 0.2) is 11.3 Å². The number of methoxy groups -OCH3 is 1. The van der Waals surface area contributed by atoms with E-state index in [0.717, 1.165) is 5.57 Å². The standard InChI is InChI=1S/C16H28N3O4PS3/c1-15(2,3)23-11(20)10-9(8-27-14(17)25)7-26-13-16(22-4,18-24(5)6)12(21)19(10)13/h13,18H,7-8,24H2,1-6H3,(H2,17,25)/t13-,16-/m0/s1. The van der Waals surface area contributed by atoms with E-state index in [9.17, 15) is 9.59 Å². The van der Waals surface area contributed by atoms with Gasteiger partial charge in [0.1, 0.15) is 0 Å². The molecule has 0 saturated carbocycles. The predicted octanol–water partition coefficient (Wildman–Crippen LogP) is 1.53. The van der Waals surface area contributed by atoms with E-state index in [1.165, 1.54) is 23.8 Å². The Morgan fingerprint density at radius 3 is 2.63 bits per heavy atom. The van der Waals surface area contributed by atoms with E-state index in [-0.39, 0.29) is 11.3 Å². The number of hydrogen-bond donors (Lipinski definition) is 2. The molecular weight excluding hydrogens is 425 g/mol. The first-order valence-corrected chi connectivity index (χ1v) is 13.9. The zero-order chi connectivity index (χ0) is 20.6. The SMILES string of the molecule is CO[C@@]1(N[PH2](C)C)C(=O)N2C(C(=O)OC(C)(C)C)=C(CSC(N)=S)CS[C@H]21. The summed E-state index contributed by atoms with van der Waals surface area (Å²) < 4.78 is 11.5. The van der Waals surface area contributed by atoms with E-state index >= 15 is 0 Å². The summed E-state index contributed by atoms with van der Waals surface area (Å²) >= 11 is 7.78. The Morgan fingerprint density at radius 2 is 2.15 bits per heavy atom. The number of esters is 1. The Hall–Kier alpha value is -0.380. The van der Waals surface area contributed by atoms with Gasteiger partial charge < -0.3 is 0 Å². The topological polar surface area (TPSA) is 93.9 Å². The van der Waals surface area contributed by atoms with Crippen molar-refractivity contribution in [2.24, 2.45) is 5.73 Å². The van der Waals surface area contributed by atoms with Crippen LogP contribution in [-0.2, 0) is 19.1 Å². The minimum atomic E-state index is -1.31. The predicted molar refractivity (Wildman–Crippen MR) is 120 cm³/mol. The van der Waals surface area contributed by atoms with E-state index in [4.69, 9.17) is 27.4 Å². The number of nitrogens with one attached hydrogen (secondary N) is 1. The van der Waals surface area contributed by atoms with Crippen molar-refractivity contribution in [1.82, 2.24) is 9.99 Å². The molecule has 2 aliphatic rings. The van der Waals surface area contributed by atoms with Gasteiger partial charge in [-0.1, -0.05) is 0 Å². The molecule has 2 rings (SSSR count). The first-order valence-electron chi connectivity index (χ1n) is 8.58. The maximum absolute atomic E-state index is 13.1. The molecule has 0 bridgehead atoms. The Kier molecular flexibility index (Phi) is 7.25. The molecule has 154 valence electrons. The third-order valence-corrected chi connectivity index (χ3v) is 7.43. The van der Waals surface area contributed by atoms with Gasteiger partial charge in [0.2, 0.25) is 0 Å². The quantitative estimate of drug-likeness (QED) is 0.204. The van der Waals surface area contributed by atoms with Crippen LogP contribution in [-0.4, -0.2) is 69.7 Å². The maximum atomic E-state index is 13.1. The van der Waals surface area contributed by atoms with Crippen LogP contribution in [0.5, 0.6) is 0 Å². The van der Waals surface area contributed by atoms with Crippen LogP contribution >= 0.6 is 43.8 Å². The second-order valence-electron chi connectivity index (χ2n) is 7.64. The molecule has 0 radical (unpaired) electrons. The second-order valence-corrected chi connectivity index (χ2v) is 13.0. The van der Waals surface area contributed by atoms with Gasteiger partial charge in [0.25, 0.3) is 0 Å². The number of thioether (sulfide) groups is 2. The number of carbonyl (C=O) groups excluding carboxylic acids is 2. The molecule has 11 heteroatoms. The summed E-state index contributed by atoms with van der Waals surface area (Å²) in [7, 11) is 0.210. The Labute approximate surface area is 175 Å². The Bertz CT molecular complexity index is 680. The van der Waals surface area contributed by atoms with E-state index < -0.39 is 25.4 Å². The molecule has 1 amide bonds. The monoisotopic (exact) mass is 453 g/mol. The van der Waals surface area contributed by atoms with Gasteiger partial charge in [-0.3, -0.25) is 0 Å². The molecule has 7 nitrogen and oxygen atoms in total. The zero-order valence-corrected chi connectivity index (χ0v) is 20.1. The molecule has 2 atom stereocenters. The number of carbonyl (C=O) groups is 2. The first-order chi connectivity index (χ1) is 12.4.